The van der Waals surface area contributed by atoms with Crippen molar-refractivity contribution in [2.24, 2.45) is 0 Å². The van der Waals surface area contributed by atoms with Gasteiger partial charge in [0.25, 0.3) is 0 Å². The number of ether oxygens (including phenoxy) is 1. The molecule has 0 aromatic heterocycles. The molecule has 3 rings (SSSR count). The first kappa shape index (κ1) is 20.2. The minimum absolute atomic E-state index is 0.0231. The van der Waals surface area contributed by atoms with E-state index in [-0.39, 0.29) is 5.91 Å². The molecule has 0 aliphatic carbocycles. The van der Waals surface area contributed by atoms with E-state index < -0.39 is 0 Å². The molecule has 0 bridgehead atoms. The number of carbonyl (C=O) groups is 1. The summed E-state index contributed by atoms with van der Waals surface area (Å²) in [6, 6.07) is 18.5. The van der Waals surface area contributed by atoms with E-state index in [1.165, 1.54) is 5.69 Å². The highest BCUT2D eigenvalue weighted by atomic mass is 16.5. The Morgan fingerprint density at radius 2 is 1.68 bits per heavy atom. The van der Waals surface area contributed by atoms with Crippen LogP contribution in [0.4, 0.5) is 11.4 Å². The van der Waals surface area contributed by atoms with Gasteiger partial charge in [-0.2, -0.15) is 0 Å². The number of anilines is 2. The van der Waals surface area contributed by atoms with Crippen LogP contribution in [-0.4, -0.2) is 49.6 Å². The molecule has 0 radical (unpaired) electrons. The van der Waals surface area contributed by atoms with E-state index in [1.807, 2.05) is 42.5 Å². The van der Waals surface area contributed by atoms with Gasteiger partial charge in [0.15, 0.2) is 0 Å². The van der Waals surface area contributed by atoms with Crippen LogP contribution in [0.3, 0.4) is 0 Å². The fourth-order valence-electron chi connectivity index (χ4n) is 3.42. The van der Waals surface area contributed by atoms with Gasteiger partial charge in [-0.15, -0.1) is 0 Å². The Bertz CT molecular complexity index is 723. The summed E-state index contributed by atoms with van der Waals surface area (Å²) in [5.74, 6) is 0.864. The second kappa shape index (κ2) is 10.1. The van der Waals surface area contributed by atoms with Gasteiger partial charge in [-0.3, -0.25) is 9.69 Å². The average Bonchev–Trinajstić information content (AvgIpc) is 2.73. The molecule has 0 saturated carbocycles. The summed E-state index contributed by atoms with van der Waals surface area (Å²) in [5, 5.41) is 2.97. The largest absolute Gasteiger partial charge is 0.494 e. The van der Waals surface area contributed by atoms with Crippen molar-refractivity contribution in [3.8, 4) is 5.75 Å². The van der Waals surface area contributed by atoms with Crippen LogP contribution in [-0.2, 0) is 4.79 Å². The van der Waals surface area contributed by atoms with Crippen LogP contribution >= 0.6 is 0 Å². The smallest absolute Gasteiger partial charge is 0.224 e. The van der Waals surface area contributed by atoms with Gasteiger partial charge in [0.1, 0.15) is 5.75 Å². The Morgan fingerprint density at radius 3 is 2.32 bits per heavy atom. The molecule has 28 heavy (non-hydrogen) atoms. The number of benzene rings is 2. The number of nitrogens with one attached hydrogen (secondary N) is 1. The van der Waals surface area contributed by atoms with Crippen molar-refractivity contribution in [3.05, 3.63) is 54.6 Å². The molecular formula is C23H31N3O2. The summed E-state index contributed by atoms with van der Waals surface area (Å²) >= 11 is 0. The number of nitrogens with zero attached hydrogens (tertiary/aromatic N) is 2. The lowest BCUT2D eigenvalue weighted by molar-refractivity contribution is -0.116. The molecule has 150 valence electrons. The lowest BCUT2D eigenvalue weighted by atomic mass is 10.2. The predicted molar refractivity (Wildman–Crippen MR) is 115 cm³/mol. The highest BCUT2D eigenvalue weighted by Crippen LogP contribution is 2.20. The number of carbonyl (C=O) groups excluding carboxylic acids is 1. The predicted octanol–water partition coefficient (Wildman–Crippen LogP) is 4.01. The van der Waals surface area contributed by atoms with Crippen LogP contribution in [0.25, 0.3) is 0 Å². The van der Waals surface area contributed by atoms with Crippen molar-refractivity contribution < 1.29 is 9.53 Å². The number of rotatable bonds is 8. The number of hydrogen-bond donors (Lipinski definition) is 1. The standard InChI is InChI=1S/C23H31N3O2/c1-19(2)25-14-16-26(17-15-25)21-12-10-20(11-13-21)24-23(27)9-6-18-28-22-7-4-3-5-8-22/h3-5,7-8,10-13,19H,6,9,14-18H2,1-2H3,(H,24,27). The maximum atomic E-state index is 12.1. The Hall–Kier alpha value is -2.53. The molecule has 1 fully saturated rings. The van der Waals surface area contributed by atoms with E-state index in [2.05, 4.69) is 41.1 Å². The van der Waals surface area contributed by atoms with E-state index >= 15 is 0 Å². The third kappa shape index (κ3) is 5.99. The SMILES string of the molecule is CC(C)N1CCN(c2ccc(NC(=O)CCCOc3ccccc3)cc2)CC1. The van der Waals surface area contributed by atoms with E-state index in [1.54, 1.807) is 0 Å². The number of piperazine rings is 1. The van der Waals surface area contributed by atoms with Gasteiger partial charge < -0.3 is 15.0 Å². The first-order valence-corrected chi connectivity index (χ1v) is 10.2. The van der Waals surface area contributed by atoms with Crippen LogP contribution in [0.15, 0.2) is 54.6 Å². The summed E-state index contributed by atoms with van der Waals surface area (Å²) in [7, 11) is 0. The van der Waals surface area contributed by atoms with E-state index in [9.17, 15) is 4.79 Å². The zero-order chi connectivity index (χ0) is 19.8. The van der Waals surface area contributed by atoms with Crippen LogP contribution in [0.1, 0.15) is 26.7 Å². The molecule has 2 aromatic carbocycles. The van der Waals surface area contributed by atoms with Gasteiger partial charge in [-0.05, 0) is 56.7 Å². The Labute approximate surface area is 168 Å². The number of hydrogen-bond acceptors (Lipinski definition) is 4. The highest BCUT2D eigenvalue weighted by Gasteiger charge is 2.18. The summed E-state index contributed by atoms with van der Waals surface area (Å²) < 4.78 is 5.62. The molecule has 1 N–H and O–H groups in total. The van der Waals surface area contributed by atoms with Crippen LogP contribution < -0.4 is 15.0 Å². The van der Waals surface area contributed by atoms with Crippen molar-refractivity contribution in [2.45, 2.75) is 32.7 Å². The normalized spacial score (nSPS) is 14.9. The molecule has 1 saturated heterocycles. The van der Waals surface area contributed by atoms with Gasteiger partial charge in [0, 0.05) is 50.0 Å². The molecule has 0 atom stereocenters. The van der Waals surface area contributed by atoms with Crippen LogP contribution in [0.5, 0.6) is 5.75 Å². The molecule has 1 aliphatic heterocycles. The van der Waals surface area contributed by atoms with E-state index in [0.717, 1.165) is 37.6 Å². The molecule has 1 amide bonds. The molecule has 5 heteroatoms. The van der Waals surface area contributed by atoms with E-state index in [4.69, 9.17) is 4.74 Å². The van der Waals surface area contributed by atoms with Crippen molar-refractivity contribution in [1.82, 2.24) is 4.90 Å². The lowest BCUT2D eigenvalue weighted by Crippen LogP contribution is -2.48. The molecule has 5 nitrogen and oxygen atoms in total. The molecule has 0 unspecified atom stereocenters. The lowest BCUT2D eigenvalue weighted by Gasteiger charge is -2.38. The third-order valence-corrected chi connectivity index (χ3v) is 5.12. The molecular weight excluding hydrogens is 350 g/mol. The fraction of sp³-hybridized carbons (Fsp3) is 0.435. The quantitative estimate of drug-likeness (QED) is 0.702. The maximum Gasteiger partial charge on any atom is 0.224 e. The zero-order valence-corrected chi connectivity index (χ0v) is 16.9. The molecule has 2 aromatic rings. The van der Waals surface area contributed by atoms with Gasteiger partial charge in [0.2, 0.25) is 5.91 Å². The van der Waals surface area contributed by atoms with Crippen LogP contribution in [0.2, 0.25) is 0 Å². The van der Waals surface area contributed by atoms with Gasteiger partial charge in [0.05, 0.1) is 6.61 Å². The second-order valence-electron chi connectivity index (χ2n) is 7.48. The molecule has 1 heterocycles. The van der Waals surface area contributed by atoms with Crippen LogP contribution in [0, 0.1) is 0 Å². The van der Waals surface area contributed by atoms with Gasteiger partial charge in [-0.25, -0.2) is 0 Å². The topological polar surface area (TPSA) is 44.8 Å². The molecule has 1 aliphatic rings. The minimum atomic E-state index is 0.0231. The number of amides is 1. The fourth-order valence-corrected chi connectivity index (χ4v) is 3.42. The summed E-state index contributed by atoms with van der Waals surface area (Å²) in [6.45, 7) is 9.33. The Kier molecular flexibility index (Phi) is 7.31. The first-order valence-electron chi connectivity index (χ1n) is 10.2. The van der Waals surface area contributed by atoms with Crippen molar-refractivity contribution in [3.63, 3.8) is 0 Å². The first-order chi connectivity index (χ1) is 13.6. The maximum absolute atomic E-state index is 12.1. The second-order valence-corrected chi connectivity index (χ2v) is 7.48. The zero-order valence-electron chi connectivity index (χ0n) is 16.9. The highest BCUT2D eigenvalue weighted by molar-refractivity contribution is 5.90. The summed E-state index contributed by atoms with van der Waals surface area (Å²) in [6.07, 6.45) is 1.14. The summed E-state index contributed by atoms with van der Waals surface area (Å²) in [4.78, 5) is 17.0. The Morgan fingerprint density at radius 1 is 1.00 bits per heavy atom. The van der Waals surface area contributed by atoms with Crippen molar-refractivity contribution >= 4 is 17.3 Å². The van der Waals surface area contributed by atoms with Gasteiger partial charge in [-0.1, -0.05) is 18.2 Å². The average molecular weight is 382 g/mol. The van der Waals surface area contributed by atoms with E-state index in [0.29, 0.717) is 25.5 Å². The summed E-state index contributed by atoms with van der Waals surface area (Å²) in [5.41, 5.74) is 2.07. The van der Waals surface area contributed by atoms with Gasteiger partial charge >= 0.3 is 0 Å². The monoisotopic (exact) mass is 381 g/mol. The van der Waals surface area contributed by atoms with Crippen molar-refractivity contribution in [1.29, 1.82) is 0 Å². The molecule has 0 spiro atoms. The number of para-hydroxylation sites is 1. The minimum Gasteiger partial charge on any atom is -0.494 e. The Balaban J connectivity index is 1.38. The third-order valence-electron chi connectivity index (χ3n) is 5.12. The van der Waals surface area contributed by atoms with Crippen molar-refractivity contribution in [2.75, 3.05) is 43.0 Å².